The van der Waals surface area contributed by atoms with Crippen LogP contribution in [0.5, 0.6) is 5.75 Å². The molecular formula is C23H34F2N2O4. The molecule has 0 saturated carbocycles. The molecule has 3 heterocycles. The third kappa shape index (κ3) is 8.65. The number of likely N-dealkylation sites (tertiary alicyclic amines) is 1. The van der Waals surface area contributed by atoms with Crippen LogP contribution in [0.3, 0.4) is 0 Å². The fourth-order valence-electron chi connectivity index (χ4n) is 3.49. The Morgan fingerprint density at radius 3 is 2.55 bits per heavy atom. The maximum atomic E-state index is 13.1. The summed E-state index contributed by atoms with van der Waals surface area (Å²) in [4.78, 5) is 16.1. The lowest BCUT2D eigenvalue weighted by Crippen LogP contribution is -2.51. The van der Waals surface area contributed by atoms with Crippen molar-refractivity contribution in [2.75, 3.05) is 33.9 Å². The molecule has 1 aromatic rings. The van der Waals surface area contributed by atoms with Crippen LogP contribution >= 0.6 is 0 Å². The van der Waals surface area contributed by atoms with Crippen LogP contribution in [0.15, 0.2) is 37.4 Å². The number of fused-ring (bicyclic) bond motifs is 1. The predicted molar refractivity (Wildman–Crippen MR) is 117 cm³/mol. The molecule has 8 heteroatoms. The van der Waals surface area contributed by atoms with Gasteiger partial charge in [-0.1, -0.05) is 20.4 Å². The first-order chi connectivity index (χ1) is 14.7. The standard InChI is InChI=1S/C16H20F2N2O.C5H8O3.C2H6/c1-12-9-16(21-14-10-19-6-3-13(12)14)4-7-20(8-5-16)11-15(2,17)18;1-7-4-3-5(6)8-2;1-2/h3,6,10H,1,4-5,7-9,11H2,2H3;3-4H,1-2H3;1-2H3/b;4-3+;. The molecule has 1 saturated heterocycles. The maximum Gasteiger partial charge on any atom is 0.333 e. The van der Waals surface area contributed by atoms with Crippen molar-refractivity contribution in [2.24, 2.45) is 0 Å². The van der Waals surface area contributed by atoms with Crippen LogP contribution in [-0.4, -0.2) is 61.2 Å². The number of rotatable bonds is 4. The first-order valence-corrected chi connectivity index (χ1v) is 10.4. The third-order valence-electron chi connectivity index (χ3n) is 4.84. The van der Waals surface area contributed by atoms with Crippen LogP contribution in [0.25, 0.3) is 5.57 Å². The van der Waals surface area contributed by atoms with Gasteiger partial charge in [0.2, 0.25) is 0 Å². The average Bonchev–Trinajstić information content (AvgIpc) is 2.75. The fourth-order valence-corrected chi connectivity index (χ4v) is 3.49. The number of carbonyl (C=O) groups is 1. The molecule has 0 bridgehead atoms. The van der Waals surface area contributed by atoms with Crippen LogP contribution in [0.4, 0.5) is 8.78 Å². The molecule has 0 atom stereocenters. The number of hydrogen-bond acceptors (Lipinski definition) is 6. The number of nitrogens with zero attached hydrogens (tertiary/aromatic N) is 2. The Morgan fingerprint density at radius 1 is 1.35 bits per heavy atom. The second-order valence-corrected chi connectivity index (χ2v) is 7.35. The molecule has 1 aromatic heterocycles. The van der Waals surface area contributed by atoms with Gasteiger partial charge in [0.15, 0.2) is 0 Å². The molecule has 3 rings (SSSR count). The number of halogens is 2. The Balaban J connectivity index is 0.000000409. The Morgan fingerprint density at radius 2 is 2.00 bits per heavy atom. The van der Waals surface area contributed by atoms with Crippen molar-refractivity contribution in [2.45, 2.75) is 51.6 Å². The van der Waals surface area contributed by atoms with E-state index in [-0.39, 0.29) is 12.1 Å². The van der Waals surface area contributed by atoms with Gasteiger partial charge in [-0.25, -0.2) is 13.6 Å². The van der Waals surface area contributed by atoms with E-state index in [2.05, 4.69) is 21.0 Å². The second kappa shape index (κ2) is 12.4. The number of methoxy groups -OCH3 is 2. The lowest BCUT2D eigenvalue weighted by molar-refractivity contribution is -0.134. The highest BCUT2D eigenvalue weighted by Crippen LogP contribution is 2.43. The van der Waals surface area contributed by atoms with Gasteiger partial charge in [0, 0.05) is 51.0 Å². The van der Waals surface area contributed by atoms with Crippen LogP contribution in [0.1, 0.15) is 45.6 Å². The Kier molecular flexibility index (Phi) is 10.6. The van der Waals surface area contributed by atoms with Crippen LogP contribution in [-0.2, 0) is 14.3 Å². The minimum Gasteiger partial charge on any atom is -0.504 e. The number of carbonyl (C=O) groups excluding carboxylic acids is 1. The molecule has 6 nitrogen and oxygen atoms in total. The van der Waals surface area contributed by atoms with Gasteiger partial charge in [0.25, 0.3) is 5.92 Å². The molecule has 0 aromatic carbocycles. The van der Waals surface area contributed by atoms with E-state index in [0.717, 1.165) is 43.1 Å². The van der Waals surface area contributed by atoms with Crippen molar-refractivity contribution in [3.05, 3.63) is 42.9 Å². The number of piperidine rings is 1. The normalized spacial score (nSPS) is 17.5. The molecule has 2 aliphatic heterocycles. The largest absolute Gasteiger partial charge is 0.504 e. The van der Waals surface area contributed by atoms with Crippen molar-refractivity contribution in [3.8, 4) is 5.75 Å². The zero-order valence-corrected chi connectivity index (χ0v) is 19.1. The molecule has 31 heavy (non-hydrogen) atoms. The quantitative estimate of drug-likeness (QED) is 0.384. The molecular weight excluding hydrogens is 406 g/mol. The Bertz CT molecular complexity index is 739. The molecule has 1 spiro atoms. The van der Waals surface area contributed by atoms with E-state index in [0.29, 0.717) is 13.1 Å². The Hall–Kier alpha value is -2.48. The summed E-state index contributed by atoms with van der Waals surface area (Å²) in [5, 5.41) is 0. The molecule has 174 valence electrons. The molecule has 0 amide bonds. The zero-order chi connectivity index (χ0) is 23.5. The molecule has 0 N–H and O–H groups in total. The summed E-state index contributed by atoms with van der Waals surface area (Å²) in [6, 6.07) is 1.91. The van der Waals surface area contributed by atoms with E-state index >= 15 is 0 Å². The molecule has 2 aliphatic rings. The SMILES string of the molecule is C=C1CC2(CCN(CC(C)(F)F)CC2)Oc2cnccc21.CC.CO/C=C/C(=O)OC. The van der Waals surface area contributed by atoms with E-state index in [1.807, 2.05) is 24.8 Å². The summed E-state index contributed by atoms with van der Waals surface area (Å²) < 4.78 is 41.1. The average molecular weight is 441 g/mol. The smallest absolute Gasteiger partial charge is 0.333 e. The van der Waals surface area contributed by atoms with Gasteiger partial charge >= 0.3 is 5.97 Å². The fraction of sp³-hybridized carbons (Fsp3) is 0.565. The monoisotopic (exact) mass is 440 g/mol. The van der Waals surface area contributed by atoms with Crippen LogP contribution < -0.4 is 4.74 Å². The molecule has 0 aliphatic carbocycles. The summed E-state index contributed by atoms with van der Waals surface area (Å²) in [6.07, 6.45) is 8.16. The number of ether oxygens (including phenoxy) is 3. The van der Waals surface area contributed by atoms with E-state index in [4.69, 9.17) is 4.74 Å². The van der Waals surface area contributed by atoms with Crippen molar-refractivity contribution in [1.82, 2.24) is 9.88 Å². The van der Waals surface area contributed by atoms with Gasteiger partial charge in [0.05, 0.1) is 39.3 Å². The lowest BCUT2D eigenvalue weighted by atomic mass is 9.81. The lowest BCUT2D eigenvalue weighted by Gasteiger charge is -2.45. The number of pyridine rings is 1. The van der Waals surface area contributed by atoms with Crippen molar-refractivity contribution >= 4 is 11.5 Å². The van der Waals surface area contributed by atoms with E-state index in [9.17, 15) is 13.6 Å². The summed E-state index contributed by atoms with van der Waals surface area (Å²) in [5.74, 6) is -2.28. The minimum atomic E-state index is -2.64. The topological polar surface area (TPSA) is 60.9 Å². The van der Waals surface area contributed by atoms with Crippen LogP contribution in [0.2, 0.25) is 0 Å². The molecule has 1 fully saturated rings. The van der Waals surface area contributed by atoms with Crippen molar-refractivity contribution in [1.29, 1.82) is 0 Å². The van der Waals surface area contributed by atoms with Gasteiger partial charge in [-0.3, -0.25) is 9.88 Å². The van der Waals surface area contributed by atoms with E-state index in [1.165, 1.54) is 26.6 Å². The van der Waals surface area contributed by atoms with E-state index in [1.54, 1.807) is 12.4 Å². The highest BCUT2D eigenvalue weighted by atomic mass is 19.3. The van der Waals surface area contributed by atoms with Crippen molar-refractivity contribution < 1.29 is 27.8 Å². The number of hydrogen-bond donors (Lipinski definition) is 0. The van der Waals surface area contributed by atoms with Gasteiger partial charge in [-0.15, -0.1) is 0 Å². The predicted octanol–water partition coefficient (Wildman–Crippen LogP) is 4.71. The van der Waals surface area contributed by atoms with Crippen molar-refractivity contribution in [3.63, 3.8) is 0 Å². The second-order valence-electron chi connectivity index (χ2n) is 7.35. The van der Waals surface area contributed by atoms with Crippen LogP contribution in [0, 0.1) is 0 Å². The maximum absolute atomic E-state index is 13.1. The highest BCUT2D eigenvalue weighted by Gasteiger charge is 2.42. The molecule has 0 unspecified atom stereocenters. The number of alkyl halides is 2. The Labute approximate surface area is 183 Å². The summed E-state index contributed by atoms with van der Waals surface area (Å²) in [7, 11) is 2.77. The summed E-state index contributed by atoms with van der Waals surface area (Å²) in [5.41, 5.74) is 1.76. The third-order valence-corrected chi connectivity index (χ3v) is 4.84. The van der Waals surface area contributed by atoms with Gasteiger partial charge in [-0.05, 0) is 11.6 Å². The van der Waals surface area contributed by atoms with Gasteiger partial charge < -0.3 is 14.2 Å². The first kappa shape index (κ1) is 26.6. The first-order valence-electron chi connectivity index (χ1n) is 10.4. The number of aromatic nitrogens is 1. The summed E-state index contributed by atoms with van der Waals surface area (Å²) in [6.45, 7) is 10.2. The highest BCUT2D eigenvalue weighted by molar-refractivity contribution is 5.81. The zero-order valence-electron chi connectivity index (χ0n) is 19.1. The van der Waals surface area contributed by atoms with E-state index < -0.39 is 11.9 Å². The summed E-state index contributed by atoms with van der Waals surface area (Å²) >= 11 is 0. The number of esters is 1. The molecule has 0 radical (unpaired) electrons. The van der Waals surface area contributed by atoms with Gasteiger partial charge in [-0.2, -0.15) is 0 Å². The minimum absolute atomic E-state index is 0.178. The van der Waals surface area contributed by atoms with Gasteiger partial charge in [0.1, 0.15) is 11.4 Å².